The second-order valence-electron chi connectivity index (χ2n) is 3.98. The Kier molecular flexibility index (Phi) is 3.23. The van der Waals surface area contributed by atoms with Crippen molar-refractivity contribution in [1.29, 1.82) is 0 Å². The minimum absolute atomic E-state index is 0.818. The Morgan fingerprint density at radius 3 is 2.86 bits per heavy atom. The molecule has 1 saturated heterocycles. The second kappa shape index (κ2) is 4.45. The molecule has 1 aromatic rings. The third-order valence-electron chi connectivity index (χ3n) is 2.83. The van der Waals surface area contributed by atoms with E-state index in [0.717, 1.165) is 16.9 Å². The second-order valence-corrected chi connectivity index (χ2v) is 4.79. The third-order valence-corrected chi connectivity index (χ3v) is 3.57. The van der Waals surface area contributed by atoms with E-state index in [-0.39, 0.29) is 0 Å². The molecule has 78 valence electrons. The number of hydrogen-bond donors (Lipinski definition) is 1. The molecular formula is C10H16BrN3. The molecule has 4 heteroatoms. The molecule has 14 heavy (non-hydrogen) atoms. The fraction of sp³-hybridized carbons (Fsp3) is 0.700. The molecule has 0 aliphatic carbocycles. The highest BCUT2D eigenvalue weighted by Gasteiger charge is 2.15. The Labute approximate surface area is 93.0 Å². The van der Waals surface area contributed by atoms with E-state index in [4.69, 9.17) is 0 Å². The number of halogens is 1. The SMILES string of the molecule is Cn1nc(CC2CCNCC2)cc1Br. The molecule has 0 saturated carbocycles. The lowest BCUT2D eigenvalue weighted by Gasteiger charge is -2.21. The van der Waals surface area contributed by atoms with Crippen LogP contribution in [0.1, 0.15) is 18.5 Å². The molecule has 0 unspecified atom stereocenters. The van der Waals surface area contributed by atoms with Crippen molar-refractivity contribution >= 4 is 15.9 Å². The number of aryl methyl sites for hydroxylation is 1. The number of nitrogens with zero attached hydrogens (tertiary/aromatic N) is 2. The molecule has 1 aromatic heterocycles. The highest BCUT2D eigenvalue weighted by molar-refractivity contribution is 9.10. The van der Waals surface area contributed by atoms with Gasteiger partial charge in [0.2, 0.25) is 0 Å². The van der Waals surface area contributed by atoms with E-state index in [2.05, 4.69) is 32.4 Å². The van der Waals surface area contributed by atoms with Gasteiger partial charge in [-0.1, -0.05) is 0 Å². The van der Waals surface area contributed by atoms with Gasteiger partial charge in [0.15, 0.2) is 0 Å². The minimum Gasteiger partial charge on any atom is -0.317 e. The maximum Gasteiger partial charge on any atom is 0.104 e. The van der Waals surface area contributed by atoms with E-state index >= 15 is 0 Å². The summed E-state index contributed by atoms with van der Waals surface area (Å²) in [6.07, 6.45) is 3.70. The van der Waals surface area contributed by atoms with Crippen LogP contribution in [0.4, 0.5) is 0 Å². The molecule has 3 nitrogen and oxygen atoms in total. The van der Waals surface area contributed by atoms with Crippen molar-refractivity contribution in [3.05, 3.63) is 16.4 Å². The molecule has 1 aliphatic rings. The quantitative estimate of drug-likeness (QED) is 0.875. The van der Waals surface area contributed by atoms with E-state index in [1.54, 1.807) is 0 Å². The average molecular weight is 258 g/mol. The molecule has 0 radical (unpaired) electrons. The van der Waals surface area contributed by atoms with Gasteiger partial charge in [0.25, 0.3) is 0 Å². The van der Waals surface area contributed by atoms with Crippen molar-refractivity contribution in [3.8, 4) is 0 Å². The summed E-state index contributed by atoms with van der Waals surface area (Å²) in [5.41, 5.74) is 1.21. The highest BCUT2D eigenvalue weighted by Crippen LogP contribution is 2.19. The smallest absolute Gasteiger partial charge is 0.104 e. The Balaban J connectivity index is 1.95. The monoisotopic (exact) mass is 257 g/mol. The molecule has 1 aliphatic heterocycles. The molecule has 2 heterocycles. The van der Waals surface area contributed by atoms with Crippen molar-refractivity contribution < 1.29 is 0 Å². The van der Waals surface area contributed by atoms with Crippen LogP contribution in [0.15, 0.2) is 10.7 Å². The third kappa shape index (κ3) is 2.36. The summed E-state index contributed by atoms with van der Waals surface area (Å²) < 4.78 is 2.96. The Hall–Kier alpha value is -0.350. The van der Waals surface area contributed by atoms with E-state index in [1.165, 1.54) is 31.6 Å². The summed E-state index contributed by atoms with van der Waals surface area (Å²) in [5.74, 6) is 0.818. The van der Waals surface area contributed by atoms with Crippen LogP contribution < -0.4 is 5.32 Å². The summed E-state index contributed by atoms with van der Waals surface area (Å²) in [6, 6.07) is 2.13. The first-order chi connectivity index (χ1) is 6.75. The van der Waals surface area contributed by atoms with Gasteiger partial charge in [-0.25, -0.2) is 0 Å². The fourth-order valence-electron chi connectivity index (χ4n) is 1.98. The normalized spacial score (nSPS) is 18.7. The van der Waals surface area contributed by atoms with Gasteiger partial charge >= 0.3 is 0 Å². The fourth-order valence-corrected chi connectivity index (χ4v) is 2.33. The van der Waals surface area contributed by atoms with Crippen molar-refractivity contribution in [1.82, 2.24) is 15.1 Å². The summed E-state index contributed by atoms with van der Waals surface area (Å²) in [5, 5.41) is 7.84. The van der Waals surface area contributed by atoms with Crippen LogP contribution in [0.3, 0.4) is 0 Å². The molecule has 0 atom stereocenters. The molecule has 1 fully saturated rings. The maximum atomic E-state index is 4.45. The zero-order valence-corrected chi connectivity index (χ0v) is 10.0. The van der Waals surface area contributed by atoms with E-state index in [9.17, 15) is 0 Å². The van der Waals surface area contributed by atoms with Crippen LogP contribution in [0.25, 0.3) is 0 Å². The lowest BCUT2D eigenvalue weighted by atomic mass is 9.93. The molecular weight excluding hydrogens is 242 g/mol. The van der Waals surface area contributed by atoms with Crippen LogP contribution in [0.2, 0.25) is 0 Å². The lowest BCUT2D eigenvalue weighted by molar-refractivity contribution is 0.369. The summed E-state index contributed by atoms with van der Waals surface area (Å²) in [7, 11) is 1.97. The predicted molar refractivity (Wildman–Crippen MR) is 60.2 cm³/mol. The van der Waals surface area contributed by atoms with E-state index in [0.29, 0.717) is 0 Å². The number of rotatable bonds is 2. The topological polar surface area (TPSA) is 29.9 Å². The Morgan fingerprint density at radius 1 is 1.57 bits per heavy atom. The van der Waals surface area contributed by atoms with Gasteiger partial charge < -0.3 is 5.32 Å². The van der Waals surface area contributed by atoms with Gasteiger partial charge in [-0.05, 0) is 60.3 Å². The molecule has 1 N–H and O–H groups in total. The largest absolute Gasteiger partial charge is 0.317 e. The van der Waals surface area contributed by atoms with Crippen LogP contribution in [-0.4, -0.2) is 22.9 Å². The van der Waals surface area contributed by atoms with E-state index < -0.39 is 0 Å². The minimum atomic E-state index is 0.818. The summed E-state index contributed by atoms with van der Waals surface area (Å²) in [4.78, 5) is 0. The molecule has 2 rings (SSSR count). The number of hydrogen-bond acceptors (Lipinski definition) is 2. The van der Waals surface area contributed by atoms with Crippen molar-refractivity contribution in [2.45, 2.75) is 19.3 Å². The predicted octanol–water partition coefficient (Wildman–Crippen LogP) is 1.72. The number of piperidine rings is 1. The lowest BCUT2D eigenvalue weighted by Crippen LogP contribution is -2.28. The number of nitrogens with one attached hydrogen (secondary N) is 1. The summed E-state index contributed by atoms with van der Waals surface area (Å²) >= 11 is 3.47. The standard InChI is InChI=1S/C10H16BrN3/c1-14-10(11)7-9(13-14)6-8-2-4-12-5-3-8/h7-8,12H,2-6H2,1H3. The first-order valence-electron chi connectivity index (χ1n) is 5.15. The Morgan fingerprint density at radius 2 is 2.29 bits per heavy atom. The Bertz CT molecular complexity index is 283. The molecule has 0 bridgehead atoms. The van der Waals surface area contributed by atoms with Crippen LogP contribution in [-0.2, 0) is 13.5 Å². The first kappa shape index (κ1) is 10.2. The van der Waals surface area contributed by atoms with Gasteiger partial charge in [0.05, 0.1) is 5.69 Å². The van der Waals surface area contributed by atoms with Crippen LogP contribution in [0, 0.1) is 5.92 Å². The van der Waals surface area contributed by atoms with Crippen LogP contribution >= 0.6 is 15.9 Å². The molecule has 0 spiro atoms. The van der Waals surface area contributed by atoms with Gasteiger partial charge in [-0.3, -0.25) is 4.68 Å². The van der Waals surface area contributed by atoms with Gasteiger partial charge in [0.1, 0.15) is 4.60 Å². The van der Waals surface area contributed by atoms with Gasteiger partial charge in [0, 0.05) is 7.05 Å². The van der Waals surface area contributed by atoms with E-state index in [1.807, 2.05) is 11.7 Å². The van der Waals surface area contributed by atoms with Crippen molar-refractivity contribution in [2.24, 2.45) is 13.0 Å². The van der Waals surface area contributed by atoms with Gasteiger partial charge in [-0.2, -0.15) is 5.10 Å². The highest BCUT2D eigenvalue weighted by atomic mass is 79.9. The summed E-state index contributed by atoms with van der Waals surface area (Å²) in [6.45, 7) is 2.33. The molecule has 0 amide bonds. The van der Waals surface area contributed by atoms with Crippen molar-refractivity contribution in [2.75, 3.05) is 13.1 Å². The van der Waals surface area contributed by atoms with Gasteiger partial charge in [-0.15, -0.1) is 0 Å². The van der Waals surface area contributed by atoms with Crippen molar-refractivity contribution in [3.63, 3.8) is 0 Å². The zero-order valence-electron chi connectivity index (χ0n) is 8.46. The average Bonchev–Trinajstić information content (AvgIpc) is 2.47. The zero-order chi connectivity index (χ0) is 9.97. The molecule has 0 aromatic carbocycles. The number of aromatic nitrogens is 2. The maximum absolute atomic E-state index is 4.45. The van der Waals surface area contributed by atoms with Crippen LogP contribution in [0.5, 0.6) is 0 Å². The first-order valence-corrected chi connectivity index (χ1v) is 5.94.